The zero-order valence-corrected chi connectivity index (χ0v) is 19.0. The molecular formula is C18H24F3IN4OS. The molecule has 0 bridgehead atoms. The van der Waals surface area contributed by atoms with Crippen molar-refractivity contribution in [2.75, 3.05) is 13.7 Å². The Kier molecular flexibility index (Phi) is 10.0. The van der Waals surface area contributed by atoms with Crippen LogP contribution in [0.5, 0.6) is 5.75 Å². The molecule has 0 amide bonds. The van der Waals surface area contributed by atoms with E-state index in [0.29, 0.717) is 19.0 Å². The number of nitrogens with zero attached hydrogens (tertiary/aromatic N) is 2. The van der Waals surface area contributed by atoms with Crippen molar-refractivity contribution in [1.82, 2.24) is 15.6 Å². The third-order valence-corrected chi connectivity index (χ3v) is 4.87. The molecule has 0 atom stereocenters. The minimum Gasteiger partial charge on any atom is -0.497 e. The Labute approximate surface area is 183 Å². The molecule has 0 saturated carbocycles. The number of thiazole rings is 1. The number of ether oxygens (including phenoxy) is 1. The van der Waals surface area contributed by atoms with Gasteiger partial charge in [-0.15, -0.1) is 35.3 Å². The molecule has 0 fully saturated rings. The number of aryl methyl sites for hydroxylation is 1. The molecular weight excluding hydrogens is 504 g/mol. The Bertz CT molecular complexity index is 780. The molecule has 2 rings (SSSR count). The molecule has 0 spiro atoms. The fraction of sp³-hybridized carbons (Fsp3) is 0.444. The van der Waals surface area contributed by atoms with Gasteiger partial charge in [0.15, 0.2) is 5.96 Å². The summed E-state index contributed by atoms with van der Waals surface area (Å²) in [5, 5.41) is 7.04. The van der Waals surface area contributed by atoms with Gasteiger partial charge in [-0.1, -0.05) is 13.0 Å². The van der Waals surface area contributed by atoms with Crippen LogP contribution in [0.2, 0.25) is 0 Å². The second-order valence-electron chi connectivity index (χ2n) is 5.64. The van der Waals surface area contributed by atoms with Gasteiger partial charge >= 0.3 is 6.18 Å². The Morgan fingerprint density at radius 3 is 2.57 bits per heavy atom. The van der Waals surface area contributed by atoms with Crippen LogP contribution >= 0.6 is 35.3 Å². The van der Waals surface area contributed by atoms with E-state index in [-0.39, 0.29) is 41.8 Å². The van der Waals surface area contributed by atoms with Crippen molar-refractivity contribution in [1.29, 1.82) is 0 Å². The topological polar surface area (TPSA) is 58.5 Å². The van der Waals surface area contributed by atoms with Crippen molar-refractivity contribution >= 4 is 41.3 Å². The first-order chi connectivity index (χ1) is 12.9. The number of rotatable bonds is 7. The third-order valence-electron chi connectivity index (χ3n) is 3.73. The maximum Gasteiger partial charge on any atom is 0.416 e. The maximum absolute atomic E-state index is 13.3. The van der Waals surface area contributed by atoms with Crippen LogP contribution in [-0.2, 0) is 25.7 Å². The molecule has 0 aliphatic rings. The summed E-state index contributed by atoms with van der Waals surface area (Å²) >= 11 is 1.60. The van der Waals surface area contributed by atoms with Gasteiger partial charge in [-0.25, -0.2) is 9.98 Å². The van der Waals surface area contributed by atoms with E-state index in [9.17, 15) is 13.2 Å². The lowest BCUT2D eigenvalue weighted by atomic mass is 10.1. The minimum absolute atomic E-state index is 0. The second-order valence-corrected chi connectivity index (χ2v) is 6.84. The number of nitrogens with one attached hydrogen (secondary N) is 2. The summed E-state index contributed by atoms with van der Waals surface area (Å²) in [5.74, 6) is 0.602. The van der Waals surface area contributed by atoms with Gasteiger partial charge in [0.1, 0.15) is 10.8 Å². The molecule has 1 heterocycles. The van der Waals surface area contributed by atoms with Crippen LogP contribution < -0.4 is 15.4 Å². The van der Waals surface area contributed by atoms with Gasteiger partial charge in [0, 0.05) is 17.6 Å². The van der Waals surface area contributed by atoms with E-state index in [0.717, 1.165) is 17.5 Å². The number of hydrogen-bond acceptors (Lipinski definition) is 4. The molecule has 0 aliphatic heterocycles. The van der Waals surface area contributed by atoms with Gasteiger partial charge in [0.2, 0.25) is 0 Å². The van der Waals surface area contributed by atoms with E-state index in [1.165, 1.54) is 24.1 Å². The van der Waals surface area contributed by atoms with E-state index in [4.69, 9.17) is 4.74 Å². The van der Waals surface area contributed by atoms with Crippen molar-refractivity contribution in [3.05, 3.63) is 45.4 Å². The standard InChI is InChI=1S/C18H23F3N4OS.HI/c1-4-14-10-23-16(27-14)11-25-17(22-5-2)24-9-12-6-7-13(26-3)8-15(12)18(19,20)21;/h6-8,10H,4-5,9,11H2,1-3H3,(H2,22,24,25);1H. The zero-order valence-electron chi connectivity index (χ0n) is 15.9. The van der Waals surface area contributed by atoms with Crippen molar-refractivity contribution in [2.45, 2.75) is 39.5 Å². The summed E-state index contributed by atoms with van der Waals surface area (Å²) in [6, 6.07) is 3.89. The summed E-state index contributed by atoms with van der Waals surface area (Å²) < 4.78 is 44.8. The second kappa shape index (κ2) is 11.4. The predicted octanol–water partition coefficient (Wildman–Crippen LogP) is 4.61. The highest BCUT2D eigenvalue weighted by Crippen LogP contribution is 2.34. The number of guanidine groups is 1. The maximum atomic E-state index is 13.3. The van der Waals surface area contributed by atoms with Crippen molar-refractivity contribution < 1.29 is 17.9 Å². The van der Waals surface area contributed by atoms with Gasteiger partial charge in [-0.05, 0) is 31.0 Å². The molecule has 0 aliphatic carbocycles. The first kappa shape index (κ1) is 24.5. The van der Waals surface area contributed by atoms with Crippen molar-refractivity contribution in [3.8, 4) is 5.75 Å². The highest BCUT2D eigenvalue weighted by molar-refractivity contribution is 14.0. The van der Waals surface area contributed by atoms with Gasteiger partial charge < -0.3 is 15.4 Å². The Hall–Kier alpha value is -1.56. The summed E-state index contributed by atoms with van der Waals surface area (Å²) in [5.41, 5.74) is -0.656. The molecule has 1 aromatic carbocycles. The Morgan fingerprint density at radius 1 is 1.25 bits per heavy atom. The first-order valence-electron chi connectivity index (χ1n) is 8.57. The molecule has 5 nitrogen and oxygen atoms in total. The molecule has 10 heteroatoms. The predicted molar refractivity (Wildman–Crippen MR) is 117 cm³/mol. The van der Waals surface area contributed by atoms with Crippen molar-refractivity contribution in [3.63, 3.8) is 0 Å². The molecule has 2 aromatic rings. The number of methoxy groups -OCH3 is 1. The average molecular weight is 528 g/mol. The van der Waals surface area contributed by atoms with Crippen LogP contribution in [0.25, 0.3) is 0 Å². The van der Waals surface area contributed by atoms with E-state index in [1.54, 1.807) is 11.3 Å². The fourth-order valence-corrected chi connectivity index (χ4v) is 3.14. The zero-order chi connectivity index (χ0) is 19.9. The first-order valence-corrected chi connectivity index (χ1v) is 9.38. The van der Waals surface area contributed by atoms with Crippen LogP contribution in [0.3, 0.4) is 0 Å². The molecule has 2 N–H and O–H groups in total. The fourth-order valence-electron chi connectivity index (χ4n) is 2.34. The molecule has 0 radical (unpaired) electrons. The summed E-state index contributed by atoms with van der Waals surface area (Å²) in [4.78, 5) is 9.78. The summed E-state index contributed by atoms with van der Waals surface area (Å²) in [6.07, 6.45) is -1.72. The summed E-state index contributed by atoms with van der Waals surface area (Å²) in [7, 11) is 1.34. The van der Waals surface area contributed by atoms with E-state index in [2.05, 4.69) is 27.5 Å². The Morgan fingerprint density at radius 2 is 2.00 bits per heavy atom. The van der Waals surface area contributed by atoms with E-state index < -0.39 is 11.7 Å². The largest absolute Gasteiger partial charge is 0.497 e. The minimum atomic E-state index is -4.47. The van der Waals surface area contributed by atoms with Gasteiger partial charge in [0.25, 0.3) is 0 Å². The van der Waals surface area contributed by atoms with Crippen LogP contribution in [0.1, 0.15) is 34.9 Å². The number of hydrogen-bond donors (Lipinski definition) is 2. The Balaban J connectivity index is 0.00000392. The monoisotopic (exact) mass is 528 g/mol. The molecule has 0 saturated heterocycles. The number of halogens is 4. The lowest BCUT2D eigenvalue weighted by Crippen LogP contribution is -2.36. The highest BCUT2D eigenvalue weighted by Gasteiger charge is 2.33. The lowest BCUT2D eigenvalue weighted by Gasteiger charge is -2.14. The van der Waals surface area contributed by atoms with Crippen molar-refractivity contribution in [2.24, 2.45) is 4.99 Å². The normalized spacial score (nSPS) is 11.7. The van der Waals surface area contributed by atoms with E-state index in [1.807, 2.05) is 13.1 Å². The van der Waals surface area contributed by atoms with E-state index >= 15 is 0 Å². The van der Waals surface area contributed by atoms with Crippen LogP contribution in [0, 0.1) is 0 Å². The number of alkyl halides is 3. The summed E-state index contributed by atoms with van der Waals surface area (Å²) in [6.45, 7) is 4.91. The molecule has 1 aromatic heterocycles. The van der Waals surface area contributed by atoms with Gasteiger partial charge in [-0.2, -0.15) is 13.2 Å². The third kappa shape index (κ3) is 7.12. The number of aliphatic imine (C=N–C) groups is 1. The lowest BCUT2D eigenvalue weighted by molar-refractivity contribution is -0.138. The van der Waals surface area contributed by atoms with Gasteiger partial charge in [-0.3, -0.25) is 0 Å². The number of benzene rings is 1. The van der Waals surface area contributed by atoms with Crippen LogP contribution in [-0.4, -0.2) is 24.6 Å². The highest BCUT2D eigenvalue weighted by atomic mass is 127. The molecule has 28 heavy (non-hydrogen) atoms. The van der Waals surface area contributed by atoms with Crippen LogP contribution in [0.15, 0.2) is 29.4 Å². The smallest absolute Gasteiger partial charge is 0.416 e. The SMILES string of the molecule is CCNC(=NCc1ccc(OC)cc1C(F)(F)F)NCc1ncc(CC)s1.I. The molecule has 0 unspecified atom stereocenters. The van der Waals surface area contributed by atoms with Crippen LogP contribution in [0.4, 0.5) is 13.2 Å². The molecule has 156 valence electrons. The quantitative estimate of drug-likeness (QED) is 0.313. The number of aromatic nitrogens is 1. The van der Waals surface area contributed by atoms with Gasteiger partial charge in [0.05, 0.1) is 25.8 Å². The average Bonchev–Trinajstić information content (AvgIpc) is 3.11.